The molecule has 0 aliphatic carbocycles. The molecule has 8 nitrogen and oxygen atoms in total. The highest BCUT2D eigenvalue weighted by Gasteiger charge is 2.42. The van der Waals surface area contributed by atoms with Gasteiger partial charge in [-0.25, -0.2) is 4.79 Å². The van der Waals surface area contributed by atoms with E-state index in [1.54, 1.807) is 36.5 Å². The first-order valence-corrected chi connectivity index (χ1v) is 13.5. The van der Waals surface area contributed by atoms with Crippen LogP contribution in [0.5, 0.6) is 0 Å². The van der Waals surface area contributed by atoms with Crippen LogP contribution in [0.25, 0.3) is 11.3 Å². The molecule has 0 unspecified atom stereocenters. The number of benzene rings is 2. The highest BCUT2D eigenvalue weighted by Crippen LogP contribution is 2.44. The molecule has 3 heterocycles. The van der Waals surface area contributed by atoms with Crippen LogP contribution >= 0.6 is 23.8 Å². The fourth-order valence-electron chi connectivity index (χ4n) is 4.68. The number of carboxylic acids is 1. The van der Waals surface area contributed by atoms with Gasteiger partial charge in [-0.1, -0.05) is 37.6 Å². The maximum Gasteiger partial charge on any atom is 0.335 e. The van der Waals surface area contributed by atoms with Gasteiger partial charge >= 0.3 is 5.97 Å². The van der Waals surface area contributed by atoms with Gasteiger partial charge in [0.25, 0.3) is 0 Å². The molecule has 5 rings (SSSR count). The van der Waals surface area contributed by atoms with Crippen LogP contribution in [-0.2, 0) is 4.79 Å². The lowest BCUT2D eigenvalue weighted by atomic mass is 10.0. The Morgan fingerprint density at radius 1 is 1.12 bits per heavy atom. The zero-order chi connectivity index (χ0) is 28.6. The SMILES string of the molecule is Cc1cc(C(=O)O)ccc1-c1ccc([C@H]2[C@@H](c3ccccn3)NC(=S)N2c2ccc(NC(=O)C(C)C)c(Cl)c2)o1. The van der Waals surface area contributed by atoms with Crippen LogP contribution in [0.3, 0.4) is 0 Å². The number of halogens is 1. The van der Waals surface area contributed by atoms with Crippen LogP contribution in [0.4, 0.5) is 11.4 Å². The Bertz CT molecular complexity index is 1600. The summed E-state index contributed by atoms with van der Waals surface area (Å²) in [5, 5.41) is 16.4. The van der Waals surface area contributed by atoms with Gasteiger partial charge in [0, 0.05) is 23.4 Å². The molecule has 204 valence electrons. The van der Waals surface area contributed by atoms with Gasteiger partial charge in [-0.05, 0) is 79.3 Å². The van der Waals surface area contributed by atoms with Crippen LogP contribution < -0.4 is 15.5 Å². The summed E-state index contributed by atoms with van der Waals surface area (Å²) in [4.78, 5) is 30.1. The fourth-order valence-corrected chi connectivity index (χ4v) is 5.25. The number of carboxylic acid groups (broad SMARTS) is 1. The van der Waals surface area contributed by atoms with Gasteiger partial charge in [0.15, 0.2) is 5.11 Å². The second kappa shape index (κ2) is 11.1. The van der Waals surface area contributed by atoms with E-state index in [1.165, 1.54) is 0 Å². The second-order valence-electron chi connectivity index (χ2n) is 9.84. The zero-order valence-corrected chi connectivity index (χ0v) is 23.6. The van der Waals surface area contributed by atoms with E-state index in [0.29, 0.717) is 33.0 Å². The number of thiocarbonyl (C=S) groups is 1. The average molecular weight is 575 g/mol. The minimum absolute atomic E-state index is 0.129. The molecule has 2 aromatic heterocycles. The maximum absolute atomic E-state index is 12.2. The van der Waals surface area contributed by atoms with Gasteiger partial charge < -0.3 is 25.1 Å². The van der Waals surface area contributed by atoms with Crippen LogP contribution in [-0.4, -0.2) is 27.1 Å². The Hall–Kier alpha value is -4.21. The monoisotopic (exact) mass is 574 g/mol. The third-order valence-electron chi connectivity index (χ3n) is 6.77. The van der Waals surface area contributed by atoms with Crippen molar-refractivity contribution < 1.29 is 19.1 Å². The largest absolute Gasteiger partial charge is 0.478 e. The first-order valence-electron chi connectivity index (χ1n) is 12.7. The molecular weight excluding hydrogens is 548 g/mol. The van der Waals surface area contributed by atoms with Crippen molar-refractivity contribution in [1.29, 1.82) is 0 Å². The first kappa shape index (κ1) is 27.4. The van der Waals surface area contributed by atoms with Crippen LogP contribution in [0.1, 0.15) is 53.3 Å². The van der Waals surface area contributed by atoms with Crippen LogP contribution in [0.15, 0.2) is 77.3 Å². The van der Waals surface area contributed by atoms with Crippen molar-refractivity contribution in [3.63, 3.8) is 0 Å². The van der Waals surface area contributed by atoms with E-state index in [9.17, 15) is 14.7 Å². The highest BCUT2D eigenvalue weighted by molar-refractivity contribution is 7.80. The Labute approximate surface area is 242 Å². The number of rotatable bonds is 7. The van der Waals surface area contributed by atoms with Crippen molar-refractivity contribution in [2.75, 3.05) is 10.2 Å². The van der Waals surface area contributed by atoms with Gasteiger partial charge in [0.2, 0.25) is 5.91 Å². The van der Waals surface area contributed by atoms with E-state index >= 15 is 0 Å². The van der Waals surface area contributed by atoms with Gasteiger partial charge in [0.1, 0.15) is 17.6 Å². The number of aromatic nitrogens is 1. The van der Waals surface area contributed by atoms with E-state index in [2.05, 4.69) is 15.6 Å². The summed E-state index contributed by atoms with van der Waals surface area (Å²) in [6.45, 7) is 5.47. The quantitative estimate of drug-likeness (QED) is 0.207. The lowest BCUT2D eigenvalue weighted by Gasteiger charge is -2.26. The Kier molecular flexibility index (Phi) is 7.60. The van der Waals surface area contributed by atoms with Gasteiger partial charge in [0.05, 0.1) is 28.0 Å². The summed E-state index contributed by atoms with van der Waals surface area (Å²) in [5.41, 5.74) is 3.80. The second-order valence-corrected chi connectivity index (χ2v) is 10.6. The molecule has 1 aliphatic heterocycles. The van der Waals surface area contributed by atoms with Crippen molar-refractivity contribution in [1.82, 2.24) is 10.3 Å². The van der Waals surface area contributed by atoms with Crippen LogP contribution in [0.2, 0.25) is 5.02 Å². The lowest BCUT2D eigenvalue weighted by Crippen LogP contribution is -2.29. The number of amides is 1. The predicted molar refractivity (Wildman–Crippen MR) is 159 cm³/mol. The molecule has 0 radical (unpaired) electrons. The molecule has 10 heteroatoms. The minimum atomic E-state index is -0.984. The normalized spacial score (nSPS) is 16.7. The molecule has 1 saturated heterocycles. The van der Waals surface area contributed by atoms with Crippen molar-refractivity contribution in [2.45, 2.75) is 32.9 Å². The maximum atomic E-state index is 12.2. The molecule has 2 atom stereocenters. The van der Waals surface area contributed by atoms with E-state index < -0.39 is 12.0 Å². The molecule has 0 bridgehead atoms. The number of nitrogens with one attached hydrogen (secondary N) is 2. The molecular formula is C30H27ClN4O4S. The zero-order valence-electron chi connectivity index (χ0n) is 22.0. The summed E-state index contributed by atoms with van der Waals surface area (Å²) in [6, 6.07) is 19.0. The Balaban J connectivity index is 1.55. The number of hydrogen-bond donors (Lipinski definition) is 3. The van der Waals surface area contributed by atoms with Crippen molar-refractivity contribution in [2.24, 2.45) is 5.92 Å². The average Bonchev–Trinajstić information content (AvgIpc) is 3.54. The smallest absolute Gasteiger partial charge is 0.335 e. The molecule has 2 aromatic carbocycles. The molecule has 0 spiro atoms. The van der Waals surface area contributed by atoms with Crippen molar-refractivity contribution >= 4 is 52.2 Å². The number of carbonyl (C=O) groups is 2. The van der Waals surface area contributed by atoms with E-state index in [1.807, 2.05) is 62.1 Å². The number of hydrogen-bond acceptors (Lipinski definition) is 5. The number of anilines is 2. The third-order valence-corrected chi connectivity index (χ3v) is 7.40. The first-order chi connectivity index (χ1) is 19.1. The Morgan fingerprint density at radius 2 is 1.93 bits per heavy atom. The molecule has 4 aromatic rings. The number of furan rings is 1. The number of aryl methyl sites for hydroxylation is 1. The summed E-state index contributed by atoms with van der Waals surface area (Å²) < 4.78 is 6.41. The Morgan fingerprint density at radius 3 is 2.58 bits per heavy atom. The minimum Gasteiger partial charge on any atom is -0.478 e. The van der Waals surface area contributed by atoms with E-state index in [4.69, 9.17) is 28.2 Å². The third kappa shape index (κ3) is 5.30. The number of aromatic carboxylic acids is 1. The molecule has 40 heavy (non-hydrogen) atoms. The van der Waals surface area contributed by atoms with Gasteiger partial charge in [-0.15, -0.1) is 0 Å². The molecule has 1 aliphatic rings. The summed E-state index contributed by atoms with van der Waals surface area (Å²) in [7, 11) is 0. The molecule has 1 amide bonds. The lowest BCUT2D eigenvalue weighted by molar-refractivity contribution is -0.118. The van der Waals surface area contributed by atoms with Crippen LogP contribution in [0, 0.1) is 12.8 Å². The highest BCUT2D eigenvalue weighted by atomic mass is 35.5. The summed E-state index contributed by atoms with van der Waals surface area (Å²) in [5.74, 6) is -0.0648. The van der Waals surface area contributed by atoms with Crippen molar-refractivity contribution in [3.05, 3.63) is 101 Å². The number of carbonyl (C=O) groups excluding carboxylic acids is 1. The summed E-state index contributed by atoms with van der Waals surface area (Å²) >= 11 is 12.4. The van der Waals surface area contributed by atoms with Gasteiger partial charge in [-0.2, -0.15) is 0 Å². The summed E-state index contributed by atoms with van der Waals surface area (Å²) in [6.07, 6.45) is 1.73. The topological polar surface area (TPSA) is 108 Å². The van der Waals surface area contributed by atoms with Gasteiger partial charge in [-0.3, -0.25) is 9.78 Å². The molecule has 3 N–H and O–H groups in total. The molecule has 0 saturated carbocycles. The fraction of sp³-hybridized carbons (Fsp3) is 0.200. The van der Waals surface area contributed by atoms with E-state index in [0.717, 1.165) is 16.8 Å². The number of pyridine rings is 1. The van der Waals surface area contributed by atoms with Crippen molar-refractivity contribution in [3.8, 4) is 11.3 Å². The van der Waals surface area contributed by atoms with E-state index in [-0.39, 0.29) is 23.4 Å². The number of nitrogens with zero attached hydrogens (tertiary/aromatic N) is 2. The predicted octanol–water partition coefficient (Wildman–Crippen LogP) is 6.77. The standard InChI is InChI=1S/C30H27ClN4O4S/c1-16(2)28(36)33-22-10-8-19(15-21(22)31)35-27(26(34-30(35)40)23-6-4-5-13-32-23)25-12-11-24(39-25)20-9-7-18(29(37)38)14-17(20)3/h4-16,26-27H,1-3H3,(H,33,36)(H,34,40)(H,37,38)/t26-,27+/m1/s1. The molecule has 1 fully saturated rings.